The first-order valence-corrected chi connectivity index (χ1v) is 11.5. The predicted octanol–water partition coefficient (Wildman–Crippen LogP) is 3.41. The minimum absolute atomic E-state index is 0.180. The second kappa shape index (κ2) is 10.2. The van der Waals surface area contributed by atoms with Crippen molar-refractivity contribution in [1.29, 1.82) is 0 Å². The van der Waals surface area contributed by atoms with Crippen molar-refractivity contribution in [3.8, 4) is 5.75 Å². The number of fused-ring (bicyclic) bond motifs is 1. The number of hydrogen-bond acceptors (Lipinski definition) is 6. The van der Waals surface area contributed by atoms with E-state index in [9.17, 15) is 22.8 Å². The molecule has 1 atom stereocenters. The van der Waals surface area contributed by atoms with E-state index in [2.05, 4.69) is 26.9 Å². The molecule has 188 valence electrons. The Morgan fingerprint density at radius 1 is 1.00 bits per heavy atom. The zero-order valence-corrected chi connectivity index (χ0v) is 19.7. The molecule has 2 aromatic rings. The van der Waals surface area contributed by atoms with Crippen molar-refractivity contribution in [1.82, 2.24) is 10.2 Å². The smallest absolute Gasteiger partial charge is 0.465 e. The van der Waals surface area contributed by atoms with E-state index in [-0.39, 0.29) is 29.2 Å². The van der Waals surface area contributed by atoms with Crippen LogP contribution in [0, 0.1) is 0 Å². The van der Waals surface area contributed by atoms with Gasteiger partial charge in [-0.1, -0.05) is 0 Å². The average molecular weight is 492 g/mol. The molecule has 1 aliphatic carbocycles. The molecular formula is C25H28F3N3O4. The number of methoxy groups -OCH3 is 1. The lowest BCUT2D eigenvalue weighted by molar-refractivity contribution is -0.274. The van der Waals surface area contributed by atoms with Crippen LogP contribution in [0.4, 0.5) is 18.9 Å². The van der Waals surface area contributed by atoms with Gasteiger partial charge in [0.2, 0.25) is 0 Å². The van der Waals surface area contributed by atoms with Gasteiger partial charge in [-0.3, -0.25) is 4.79 Å². The lowest BCUT2D eigenvalue weighted by Gasteiger charge is -2.37. The highest BCUT2D eigenvalue weighted by Crippen LogP contribution is 2.34. The monoisotopic (exact) mass is 491 g/mol. The molecule has 0 saturated carbocycles. The lowest BCUT2D eigenvalue weighted by Crippen LogP contribution is -2.45. The van der Waals surface area contributed by atoms with Crippen LogP contribution < -0.4 is 15.0 Å². The molecule has 7 nitrogen and oxygen atoms in total. The molecule has 0 unspecified atom stereocenters. The molecule has 1 fully saturated rings. The van der Waals surface area contributed by atoms with E-state index in [1.807, 2.05) is 12.1 Å². The largest absolute Gasteiger partial charge is 0.573 e. The Morgan fingerprint density at radius 2 is 1.69 bits per heavy atom. The summed E-state index contributed by atoms with van der Waals surface area (Å²) in [5.74, 6) is -1.13. The van der Waals surface area contributed by atoms with Crippen LogP contribution in [0.25, 0.3) is 0 Å². The number of amides is 1. The summed E-state index contributed by atoms with van der Waals surface area (Å²) in [6.07, 6.45) is -3.01. The lowest BCUT2D eigenvalue weighted by atomic mass is 9.83. The van der Waals surface area contributed by atoms with Crippen LogP contribution in [0.2, 0.25) is 0 Å². The zero-order chi connectivity index (χ0) is 25.2. The number of carbonyl (C=O) groups is 2. The number of hydrogen-bond donors (Lipinski definition) is 1. The van der Waals surface area contributed by atoms with Crippen LogP contribution in [0.1, 0.15) is 38.3 Å². The summed E-state index contributed by atoms with van der Waals surface area (Å²) in [6.45, 7) is 3.59. The SMILES string of the molecule is COC(=O)c1ccc(N2CCN(C)CC2)c2c1CC[C@@H](NC(=O)c1ccc(OC(F)(F)F)cc1)C2. The first-order valence-electron chi connectivity index (χ1n) is 11.5. The van der Waals surface area contributed by atoms with Crippen molar-refractivity contribution in [3.63, 3.8) is 0 Å². The second-order valence-corrected chi connectivity index (χ2v) is 8.86. The van der Waals surface area contributed by atoms with Gasteiger partial charge in [0.25, 0.3) is 5.91 Å². The molecule has 0 spiro atoms. The summed E-state index contributed by atoms with van der Waals surface area (Å²) < 4.78 is 46.0. The maximum absolute atomic E-state index is 12.8. The molecule has 1 amide bonds. The Bertz CT molecular complexity index is 1080. The van der Waals surface area contributed by atoms with Gasteiger partial charge in [-0.25, -0.2) is 4.79 Å². The van der Waals surface area contributed by atoms with Crippen molar-refractivity contribution in [3.05, 3.63) is 58.7 Å². The van der Waals surface area contributed by atoms with Gasteiger partial charge < -0.3 is 24.6 Å². The molecular weight excluding hydrogens is 463 g/mol. The molecule has 1 heterocycles. The summed E-state index contributed by atoms with van der Waals surface area (Å²) in [5.41, 5.74) is 3.84. The number of anilines is 1. The maximum atomic E-state index is 12.8. The quantitative estimate of drug-likeness (QED) is 0.647. The third-order valence-electron chi connectivity index (χ3n) is 6.53. The summed E-state index contributed by atoms with van der Waals surface area (Å²) >= 11 is 0. The van der Waals surface area contributed by atoms with Gasteiger partial charge in [-0.05, 0) is 73.8 Å². The van der Waals surface area contributed by atoms with Crippen LogP contribution in [-0.4, -0.2) is 69.5 Å². The number of benzene rings is 2. The van der Waals surface area contributed by atoms with Crippen molar-refractivity contribution < 1.29 is 32.2 Å². The molecule has 0 bridgehead atoms. The van der Waals surface area contributed by atoms with Crippen LogP contribution in [-0.2, 0) is 17.6 Å². The average Bonchev–Trinajstić information content (AvgIpc) is 2.83. The van der Waals surface area contributed by atoms with Crippen LogP contribution in [0.3, 0.4) is 0 Å². The molecule has 1 saturated heterocycles. The fourth-order valence-corrected chi connectivity index (χ4v) is 4.71. The number of esters is 1. The number of piperazine rings is 1. The molecule has 35 heavy (non-hydrogen) atoms. The first-order chi connectivity index (χ1) is 16.6. The highest BCUT2D eigenvalue weighted by molar-refractivity contribution is 5.95. The molecule has 0 aromatic heterocycles. The molecule has 1 aliphatic heterocycles. The highest BCUT2D eigenvalue weighted by Gasteiger charge is 2.32. The second-order valence-electron chi connectivity index (χ2n) is 8.86. The van der Waals surface area contributed by atoms with Crippen LogP contribution >= 0.6 is 0 Å². The Balaban J connectivity index is 1.52. The Labute approximate surface area is 201 Å². The van der Waals surface area contributed by atoms with E-state index in [1.54, 1.807) is 0 Å². The van der Waals surface area contributed by atoms with E-state index in [1.165, 1.54) is 19.2 Å². The minimum atomic E-state index is -4.79. The van der Waals surface area contributed by atoms with E-state index in [0.29, 0.717) is 24.8 Å². The van der Waals surface area contributed by atoms with Crippen molar-refractivity contribution in [2.24, 2.45) is 0 Å². The van der Waals surface area contributed by atoms with Gasteiger partial charge in [0, 0.05) is 43.5 Å². The molecule has 10 heteroatoms. The van der Waals surface area contributed by atoms with E-state index < -0.39 is 6.36 Å². The van der Waals surface area contributed by atoms with Crippen molar-refractivity contribution >= 4 is 17.6 Å². The number of rotatable bonds is 5. The number of alkyl halides is 3. The number of nitrogens with zero attached hydrogens (tertiary/aromatic N) is 2. The number of nitrogens with one attached hydrogen (secondary N) is 1. The summed E-state index contributed by atoms with van der Waals surface area (Å²) in [6, 6.07) is 8.44. The number of carbonyl (C=O) groups excluding carboxylic acids is 2. The highest BCUT2D eigenvalue weighted by atomic mass is 19.4. The van der Waals surface area contributed by atoms with Crippen LogP contribution in [0.15, 0.2) is 36.4 Å². The first kappa shape index (κ1) is 24.8. The van der Waals surface area contributed by atoms with Gasteiger partial charge in [-0.15, -0.1) is 13.2 Å². The Kier molecular flexibility index (Phi) is 7.20. The van der Waals surface area contributed by atoms with Gasteiger partial charge in [0.05, 0.1) is 12.7 Å². The molecule has 2 aliphatic rings. The Morgan fingerprint density at radius 3 is 2.31 bits per heavy atom. The zero-order valence-electron chi connectivity index (χ0n) is 19.7. The fourth-order valence-electron chi connectivity index (χ4n) is 4.71. The standard InChI is InChI=1S/C25H28F3N3O4/c1-30-11-13-31(14-12-30)22-10-9-20(24(33)34-2)19-8-5-17(15-21(19)22)29-23(32)16-3-6-18(7-4-16)35-25(26,27)28/h3-4,6-7,9-10,17H,5,8,11-15H2,1-2H3,(H,29,32)/t17-/m1/s1. The van der Waals surface area contributed by atoms with E-state index in [0.717, 1.165) is 55.1 Å². The van der Waals surface area contributed by atoms with Gasteiger partial charge in [0.15, 0.2) is 0 Å². The number of likely N-dealkylation sites (N-methyl/N-ethyl adjacent to an activating group) is 1. The summed E-state index contributed by atoms with van der Waals surface area (Å²) in [5, 5.41) is 3.00. The third-order valence-corrected chi connectivity index (χ3v) is 6.53. The van der Waals surface area contributed by atoms with Gasteiger partial charge in [-0.2, -0.15) is 0 Å². The summed E-state index contributed by atoms with van der Waals surface area (Å²) in [4.78, 5) is 29.8. The normalized spacial score (nSPS) is 18.5. The van der Waals surface area contributed by atoms with E-state index >= 15 is 0 Å². The molecule has 0 radical (unpaired) electrons. The topological polar surface area (TPSA) is 71.1 Å². The maximum Gasteiger partial charge on any atom is 0.573 e. The van der Waals surface area contributed by atoms with Crippen molar-refractivity contribution in [2.45, 2.75) is 31.7 Å². The fraction of sp³-hybridized carbons (Fsp3) is 0.440. The van der Waals surface area contributed by atoms with Gasteiger partial charge in [0.1, 0.15) is 5.75 Å². The van der Waals surface area contributed by atoms with Crippen molar-refractivity contribution in [2.75, 3.05) is 45.2 Å². The van der Waals surface area contributed by atoms with Crippen LogP contribution in [0.5, 0.6) is 5.75 Å². The minimum Gasteiger partial charge on any atom is -0.465 e. The molecule has 4 rings (SSSR count). The summed E-state index contributed by atoms with van der Waals surface area (Å²) in [7, 11) is 3.44. The number of halogens is 3. The van der Waals surface area contributed by atoms with E-state index in [4.69, 9.17) is 4.74 Å². The van der Waals surface area contributed by atoms with Gasteiger partial charge >= 0.3 is 12.3 Å². The number of ether oxygens (including phenoxy) is 2. The molecule has 1 N–H and O–H groups in total. The molecule has 2 aromatic carbocycles. The Hall–Kier alpha value is -3.27. The predicted molar refractivity (Wildman–Crippen MR) is 124 cm³/mol. The third kappa shape index (κ3) is 5.87.